The van der Waals surface area contributed by atoms with Crippen molar-refractivity contribution < 1.29 is 9.21 Å². The molecule has 3 nitrogen and oxygen atoms in total. The number of para-hydroxylation sites is 1. The molecule has 1 N–H and O–H groups in total. The SMILES string of the molecule is C#CCCCNC(=O)c1cc2ccccc2o1. The van der Waals surface area contributed by atoms with Crippen molar-refractivity contribution >= 4 is 16.9 Å². The van der Waals surface area contributed by atoms with E-state index in [2.05, 4.69) is 11.2 Å². The van der Waals surface area contributed by atoms with Crippen LogP contribution in [0, 0.1) is 12.3 Å². The Kier molecular flexibility index (Phi) is 3.46. The molecular formula is C14H13NO2. The molecule has 0 aliphatic rings. The van der Waals surface area contributed by atoms with Crippen LogP contribution in [0.2, 0.25) is 0 Å². The molecule has 0 radical (unpaired) electrons. The number of amides is 1. The molecule has 0 saturated heterocycles. The lowest BCUT2D eigenvalue weighted by Crippen LogP contribution is -2.23. The van der Waals surface area contributed by atoms with Gasteiger partial charge in [-0.15, -0.1) is 12.3 Å². The number of fused-ring (bicyclic) bond motifs is 1. The lowest BCUT2D eigenvalue weighted by atomic mass is 10.2. The number of furan rings is 1. The van der Waals surface area contributed by atoms with Gasteiger partial charge < -0.3 is 9.73 Å². The molecule has 0 aliphatic carbocycles. The Balaban J connectivity index is 2.02. The highest BCUT2D eigenvalue weighted by molar-refractivity contribution is 5.95. The molecule has 1 aromatic heterocycles. The van der Waals surface area contributed by atoms with E-state index in [9.17, 15) is 4.79 Å². The summed E-state index contributed by atoms with van der Waals surface area (Å²) >= 11 is 0. The summed E-state index contributed by atoms with van der Waals surface area (Å²) in [6, 6.07) is 9.27. The molecule has 2 aromatic rings. The summed E-state index contributed by atoms with van der Waals surface area (Å²) in [6.45, 7) is 0.570. The van der Waals surface area contributed by atoms with Gasteiger partial charge in [0.25, 0.3) is 5.91 Å². The molecule has 0 bridgehead atoms. The molecule has 2 rings (SSSR count). The maximum Gasteiger partial charge on any atom is 0.287 e. The van der Waals surface area contributed by atoms with Gasteiger partial charge in [-0.05, 0) is 18.6 Å². The number of nitrogens with one attached hydrogen (secondary N) is 1. The predicted molar refractivity (Wildman–Crippen MR) is 66.6 cm³/mol. The van der Waals surface area contributed by atoms with E-state index in [0.29, 0.717) is 18.7 Å². The van der Waals surface area contributed by atoms with Crippen LogP contribution in [0.15, 0.2) is 34.7 Å². The fourth-order valence-corrected chi connectivity index (χ4v) is 1.57. The minimum absolute atomic E-state index is 0.196. The molecule has 0 atom stereocenters. The van der Waals surface area contributed by atoms with E-state index >= 15 is 0 Å². The molecule has 0 unspecified atom stereocenters. The fraction of sp³-hybridized carbons (Fsp3) is 0.214. The zero-order valence-electron chi connectivity index (χ0n) is 9.40. The second-order valence-electron chi connectivity index (χ2n) is 3.71. The van der Waals surface area contributed by atoms with E-state index in [4.69, 9.17) is 10.8 Å². The average Bonchev–Trinajstić information content (AvgIpc) is 2.78. The van der Waals surface area contributed by atoms with Gasteiger partial charge in [-0.25, -0.2) is 0 Å². The lowest BCUT2D eigenvalue weighted by Gasteiger charge is -1.99. The third-order valence-corrected chi connectivity index (χ3v) is 2.43. The quantitative estimate of drug-likeness (QED) is 0.644. The van der Waals surface area contributed by atoms with Crippen LogP contribution in [0.5, 0.6) is 0 Å². The largest absolute Gasteiger partial charge is 0.451 e. The monoisotopic (exact) mass is 227 g/mol. The van der Waals surface area contributed by atoms with E-state index in [1.54, 1.807) is 6.07 Å². The van der Waals surface area contributed by atoms with Gasteiger partial charge in [-0.2, -0.15) is 0 Å². The van der Waals surface area contributed by atoms with Gasteiger partial charge in [0.2, 0.25) is 0 Å². The minimum atomic E-state index is -0.196. The van der Waals surface area contributed by atoms with Crippen molar-refractivity contribution in [1.82, 2.24) is 5.32 Å². The third-order valence-electron chi connectivity index (χ3n) is 2.43. The maximum absolute atomic E-state index is 11.7. The van der Waals surface area contributed by atoms with Gasteiger partial charge in [0.15, 0.2) is 5.76 Å². The minimum Gasteiger partial charge on any atom is -0.451 e. The number of benzene rings is 1. The van der Waals surface area contributed by atoms with Crippen LogP contribution in [0.4, 0.5) is 0 Å². The van der Waals surface area contributed by atoms with Crippen LogP contribution >= 0.6 is 0 Å². The van der Waals surface area contributed by atoms with Crippen molar-refractivity contribution in [3.63, 3.8) is 0 Å². The van der Waals surface area contributed by atoms with E-state index in [1.807, 2.05) is 24.3 Å². The van der Waals surface area contributed by atoms with E-state index in [1.165, 1.54) is 0 Å². The molecule has 0 fully saturated rings. The summed E-state index contributed by atoms with van der Waals surface area (Å²) in [4.78, 5) is 11.7. The molecular weight excluding hydrogens is 214 g/mol. The first-order valence-corrected chi connectivity index (χ1v) is 5.51. The van der Waals surface area contributed by atoms with Gasteiger partial charge in [0, 0.05) is 18.4 Å². The summed E-state index contributed by atoms with van der Waals surface area (Å²) in [7, 11) is 0. The van der Waals surface area contributed by atoms with Crippen molar-refractivity contribution in [3.05, 3.63) is 36.1 Å². The van der Waals surface area contributed by atoms with Gasteiger partial charge in [-0.3, -0.25) is 4.79 Å². The highest BCUT2D eigenvalue weighted by atomic mass is 16.3. The van der Waals surface area contributed by atoms with E-state index in [-0.39, 0.29) is 5.91 Å². The van der Waals surface area contributed by atoms with Gasteiger partial charge in [-0.1, -0.05) is 18.2 Å². The predicted octanol–water partition coefficient (Wildman–Crippen LogP) is 2.58. The Morgan fingerprint density at radius 1 is 1.41 bits per heavy atom. The summed E-state index contributed by atoms with van der Waals surface area (Å²) in [6.07, 6.45) is 6.57. The molecule has 3 heteroatoms. The molecule has 86 valence electrons. The first kappa shape index (κ1) is 11.3. The normalized spacial score (nSPS) is 10.1. The summed E-state index contributed by atoms with van der Waals surface area (Å²) < 4.78 is 5.43. The van der Waals surface area contributed by atoms with Gasteiger partial charge >= 0.3 is 0 Å². The van der Waals surface area contributed by atoms with E-state index < -0.39 is 0 Å². The Bertz CT molecular complexity index is 530. The van der Waals surface area contributed by atoms with E-state index in [0.717, 1.165) is 17.4 Å². The van der Waals surface area contributed by atoms with Crippen molar-refractivity contribution in [2.24, 2.45) is 0 Å². The third kappa shape index (κ3) is 2.67. The summed E-state index contributed by atoms with van der Waals surface area (Å²) in [5.41, 5.74) is 0.723. The molecule has 1 heterocycles. The van der Waals surface area contributed by atoms with Crippen molar-refractivity contribution in [3.8, 4) is 12.3 Å². The molecule has 0 saturated carbocycles. The fourth-order valence-electron chi connectivity index (χ4n) is 1.57. The van der Waals surface area contributed by atoms with Crippen LogP contribution in [0.25, 0.3) is 11.0 Å². The smallest absolute Gasteiger partial charge is 0.287 e. The zero-order valence-corrected chi connectivity index (χ0v) is 9.40. The number of terminal acetylenes is 1. The standard InChI is InChI=1S/C14H13NO2/c1-2-3-6-9-15-14(16)13-10-11-7-4-5-8-12(11)17-13/h1,4-5,7-8,10H,3,6,9H2,(H,15,16). The number of unbranched alkanes of at least 4 members (excludes halogenated alkanes) is 1. The molecule has 1 amide bonds. The first-order chi connectivity index (χ1) is 8.31. The Morgan fingerprint density at radius 3 is 3.00 bits per heavy atom. The molecule has 17 heavy (non-hydrogen) atoms. The Labute approximate surface area is 99.8 Å². The summed E-state index contributed by atoms with van der Waals surface area (Å²) in [5.74, 6) is 2.67. The van der Waals surface area contributed by atoms with Crippen LogP contribution < -0.4 is 5.32 Å². The topological polar surface area (TPSA) is 42.2 Å². The van der Waals surface area contributed by atoms with Gasteiger partial charge in [0.1, 0.15) is 5.58 Å². The molecule has 0 spiro atoms. The van der Waals surface area contributed by atoms with Gasteiger partial charge in [0.05, 0.1) is 0 Å². The number of hydrogen-bond acceptors (Lipinski definition) is 2. The highest BCUT2D eigenvalue weighted by Crippen LogP contribution is 2.18. The first-order valence-electron chi connectivity index (χ1n) is 5.51. The second-order valence-corrected chi connectivity index (χ2v) is 3.71. The highest BCUT2D eigenvalue weighted by Gasteiger charge is 2.10. The molecule has 1 aromatic carbocycles. The van der Waals surface area contributed by atoms with Crippen molar-refractivity contribution in [1.29, 1.82) is 0 Å². The summed E-state index contributed by atoms with van der Waals surface area (Å²) in [5, 5.41) is 3.70. The van der Waals surface area contributed by atoms with Crippen LogP contribution in [0.1, 0.15) is 23.4 Å². The maximum atomic E-state index is 11.7. The van der Waals surface area contributed by atoms with Crippen LogP contribution in [-0.2, 0) is 0 Å². The Hall–Kier alpha value is -2.21. The van der Waals surface area contributed by atoms with Crippen molar-refractivity contribution in [2.45, 2.75) is 12.8 Å². The van der Waals surface area contributed by atoms with Crippen LogP contribution in [-0.4, -0.2) is 12.5 Å². The lowest BCUT2D eigenvalue weighted by molar-refractivity contribution is 0.0928. The number of carbonyl (C=O) groups is 1. The zero-order chi connectivity index (χ0) is 12.1. The average molecular weight is 227 g/mol. The second kappa shape index (κ2) is 5.22. The number of hydrogen-bond donors (Lipinski definition) is 1. The number of carbonyl (C=O) groups excluding carboxylic acids is 1. The van der Waals surface area contributed by atoms with Crippen LogP contribution in [0.3, 0.4) is 0 Å². The number of rotatable bonds is 4. The van der Waals surface area contributed by atoms with Crippen molar-refractivity contribution in [2.75, 3.05) is 6.54 Å². The molecule has 0 aliphatic heterocycles. The Morgan fingerprint density at radius 2 is 2.24 bits per heavy atom.